The van der Waals surface area contributed by atoms with Crippen molar-refractivity contribution < 1.29 is 18.5 Å². The van der Waals surface area contributed by atoms with Gasteiger partial charge in [0.25, 0.3) is 0 Å². The largest absolute Gasteiger partial charge is 0.446 e. The van der Waals surface area contributed by atoms with Crippen LogP contribution in [0.4, 0.5) is 4.79 Å². The van der Waals surface area contributed by atoms with Crippen molar-refractivity contribution in [3.8, 4) is 0 Å². The summed E-state index contributed by atoms with van der Waals surface area (Å²) >= 11 is 1.80. The van der Waals surface area contributed by atoms with Gasteiger partial charge in [0.2, 0.25) is 0 Å². The molecule has 1 aliphatic heterocycles. The second-order valence-electron chi connectivity index (χ2n) is 16.5. The molecular weight excluding hydrogens is 572 g/mol. The number of thiazole rings is 1. The number of ether oxygens (including phenoxy) is 1. The van der Waals surface area contributed by atoms with E-state index in [4.69, 9.17) is 13.7 Å². The molecule has 0 spiro atoms. The van der Waals surface area contributed by atoms with E-state index >= 15 is 0 Å². The van der Waals surface area contributed by atoms with Gasteiger partial charge in [-0.15, -0.1) is 11.3 Å². The summed E-state index contributed by atoms with van der Waals surface area (Å²) in [6.45, 7) is 32.8. The Balaban J connectivity index is 0.000000293. The molecular formula is C35H60N4O4S. The zero-order valence-corrected chi connectivity index (χ0v) is 31.0. The van der Waals surface area contributed by atoms with Gasteiger partial charge in [-0.25, -0.2) is 14.8 Å². The van der Waals surface area contributed by atoms with E-state index in [-0.39, 0.29) is 28.4 Å². The summed E-state index contributed by atoms with van der Waals surface area (Å²) in [5, 5.41) is 7.72. The average molecular weight is 633 g/mol. The smallest absolute Gasteiger partial charge is 0.407 e. The van der Waals surface area contributed by atoms with Gasteiger partial charge >= 0.3 is 6.09 Å². The Morgan fingerprint density at radius 2 is 1.41 bits per heavy atom. The first-order chi connectivity index (χ1) is 19.9. The Morgan fingerprint density at radius 1 is 0.818 bits per heavy atom. The number of aryl methyl sites for hydroxylation is 3. The number of nitrogens with zero attached hydrogens (tertiary/aromatic N) is 3. The summed E-state index contributed by atoms with van der Waals surface area (Å²) in [7, 11) is 0. The van der Waals surface area contributed by atoms with Gasteiger partial charge in [0.1, 0.15) is 17.6 Å². The molecule has 3 aromatic heterocycles. The Bertz CT molecular complexity index is 1120. The van der Waals surface area contributed by atoms with Crippen molar-refractivity contribution in [2.75, 3.05) is 6.54 Å². The minimum absolute atomic E-state index is 0.0718. The maximum Gasteiger partial charge on any atom is 0.407 e. The minimum atomic E-state index is -0.278. The summed E-state index contributed by atoms with van der Waals surface area (Å²) in [6, 6.07) is 1.99. The number of alkyl carbamates (subject to hydrolysis) is 1. The van der Waals surface area contributed by atoms with Crippen molar-refractivity contribution in [2.45, 2.75) is 136 Å². The number of cyclic esters (lactones) is 1. The molecule has 4 rings (SSSR count). The van der Waals surface area contributed by atoms with Gasteiger partial charge in [-0.05, 0) is 48.9 Å². The van der Waals surface area contributed by atoms with Crippen LogP contribution in [0.15, 0.2) is 27.4 Å². The van der Waals surface area contributed by atoms with Gasteiger partial charge in [0.15, 0.2) is 5.89 Å². The topological polar surface area (TPSA) is 103 Å². The summed E-state index contributed by atoms with van der Waals surface area (Å²) in [4.78, 5) is 20.4. The lowest BCUT2D eigenvalue weighted by atomic mass is 9.89. The number of carbonyl (C=O) groups excluding carboxylic acids is 1. The van der Waals surface area contributed by atoms with E-state index in [1.54, 1.807) is 17.5 Å². The lowest BCUT2D eigenvalue weighted by Crippen LogP contribution is -2.21. The molecule has 0 saturated carbocycles. The molecule has 1 atom stereocenters. The molecule has 250 valence electrons. The molecule has 1 unspecified atom stereocenters. The van der Waals surface area contributed by atoms with Crippen LogP contribution in [0.2, 0.25) is 0 Å². The highest BCUT2D eigenvalue weighted by Crippen LogP contribution is 2.25. The van der Waals surface area contributed by atoms with Gasteiger partial charge in [0.05, 0.1) is 23.4 Å². The Kier molecular flexibility index (Phi) is 14.8. The molecule has 0 bridgehead atoms. The van der Waals surface area contributed by atoms with Crippen LogP contribution < -0.4 is 5.32 Å². The van der Waals surface area contributed by atoms with E-state index in [0.29, 0.717) is 12.0 Å². The Labute approximate surface area is 271 Å². The van der Waals surface area contributed by atoms with E-state index in [1.807, 2.05) is 26.1 Å². The van der Waals surface area contributed by atoms with Crippen molar-refractivity contribution in [1.82, 2.24) is 20.4 Å². The van der Waals surface area contributed by atoms with Crippen LogP contribution in [-0.2, 0) is 24.0 Å². The SMILES string of the molecule is CC(C)(C)CC1CNC(=O)O1.Cc1cc(CC(C)(C)C)on1.Cc1cnc(CC(C)(C)C)o1.Cc1cnc(CC(C)(C)C)s1. The standard InChI is InChI=1S/2C9H15NO.C9H15NS.C8H15NO2/c1-7-6-10-8(11-7)5-9(2,3)4;1-7-5-8(11-10-7)6-9(2,3)4;1-7-6-10-8(11-7)5-9(2,3)4;1-8(2,3)4-6-5-9-7(10)11-6/h6H,5H2,1-4H3;5H,6H2,1-4H3;6H,5H2,1-4H3;6H,4-5H2,1-3H3,(H,9,10). The van der Waals surface area contributed by atoms with Crippen LogP contribution in [0, 0.1) is 42.4 Å². The zero-order chi connectivity index (χ0) is 33.9. The fraction of sp³-hybridized carbons (Fsp3) is 0.714. The predicted molar refractivity (Wildman–Crippen MR) is 181 cm³/mol. The Morgan fingerprint density at radius 3 is 1.77 bits per heavy atom. The first-order valence-corrected chi connectivity index (χ1v) is 16.4. The van der Waals surface area contributed by atoms with Crippen LogP contribution in [0.3, 0.4) is 0 Å². The van der Waals surface area contributed by atoms with Gasteiger partial charge in [-0.2, -0.15) is 0 Å². The molecule has 4 heterocycles. The number of aromatic nitrogens is 3. The molecule has 1 fully saturated rings. The number of amides is 1. The monoisotopic (exact) mass is 632 g/mol. The molecule has 1 saturated heterocycles. The lowest BCUT2D eigenvalue weighted by molar-refractivity contribution is 0.114. The second kappa shape index (κ2) is 16.6. The lowest BCUT2D eigenvalue weighted by Gasteiger charge is -2.20. The summed E-state index contributed by atoms with van der Waals surface area (Å²) in [6.07, 6.45) is 7.38. The number of hydrogen-bond donors (Lipinski definition) is 1. The van der Waals surface area contributed by atoms with Gasteiger partial charge in [-0.3, -0.25) is 0 Å². The summed E-state index contributed by atoms with van der Waals surface area (Å²) in [5.74, 6) is 2.72. The number of carbonyl (C=O) groups is 1. The number of oxazole rings is 1. The quantitative estimate of drug-likeness (QED) is 0.305. The maximum absolute atomic E-state index is 10.6. The number of nitrogens with one attached hydrogen (secondary N) is 1. The highest BCUT2D eigenvalue weighted by atomic mass is 32.1. The third-order valence-electron chi connectivity index (χ3n) is 5.67. The Hall–Kier alpha value is -2.68. The van der Waals surface area contributed by atoms with Crippen molar-refractivity contribution >= 4 is 17.4 Å². The second-order valence-corrected chi connectivity index (χ2v) is 17.9. The van der Waals surface area contributed by atoms with E-state index in [2.05, 4.69) is 110 Å². The van der Waals surface area contributed by atoms with E-state index in [9.17, 15) is 4.79 Å². The fourth-order valence-corrected chi connectivity index (χ4v) is 5.21. The number of hydrogen-bond acceptors (Lipinski definition) is 8. The van der Waals surface area contributed by atoms with Crippen molar-refractivity contribution in [3.05, 3.63) is 51.4 Å². The molecule has 3 aromatic rings. The predicted octanol–water partition coefficient (Wildman–Crippen LogP) is 9.71. The highest BCUT2D eigenvalue weighted by molar-refractivity contribution is 7.11. The van der Waals surface area contributed by atoms with Crippen molar-refractivity contribution in [3.63, 3.8) is 0 Å². The summed E-state index contributed by atoms with van der Waals surface area (Å²) < 4.78 is 15.4. The van der Waals surface area contributed by atoms with Gasteiger partial charge < -0.3 is 19.0 Å². The molecule has 8 nitrogen and oxygen atoms in total. The third kappa shape index (κ3) is 20.3. The molecule has 1 N–H and O–H groups in total. The maximum atomic E-state index is 10.6. The molecule has 0 aliphatic carbocycles. The first kappa shape index (κ1) is 39.3. The van der Waals surface area contributed by atoms with Crippen LogP contribution in [0.1, 0.15) is 122 Å². The minimum Gasteiger partial charge on any atom is -0.446 e. The van der Waals surface area contributed by atoms with Crippen molar-refractivity contribution in [2.24, 2.45) is 21.7 Å². The van der Waals surface area contributed by atoms with Crippen LogP contribution in [0.5, 0.6) is 0 Å². The van der Waals surface area contributed by atoms with E-state index in [0.717, 1.165) is 48.8 Å². The third-order valence-corrected chi connectivity index (χ3v) is 6.58. The highest BCUT2D eigenvalue weighted by Gasteiger charge is 2.27. The normalized spacial score (nSPS) is 15.2. The van der Waals surface area contributed by atoms with Crippen LogP contribution in [0.25, 0.3) is 0 Å². The average Bonchev–Trinajstić information content (AvgIpc) is 3.57. The fourth-order valence-electron chi connectivity index (χ4n) is 4.12. The number of rotatable bonds is 4. The first-order valence-electron chi connectivity index (χ1n) is 15.6. The van der Waals surface area contributed by atoms with Gasteiger partial charge in [-0.1, -0.05) is 88.2 Å². The molecule has 1 amide bonds. The van der Waals surface area contributed by atoms with Crippen LogP contribution >= 0.6 is 11.3 Å². The van der Waals surface area contributed by atoms with E-state index in [1.165, 1.54) is 9.88 Å². The molecule has 9 heteroatoms. The molecule has 44 heavy (non-hydrogen) atoms. The summed E-state index contributed by atoms with van der Waals surface area (Å²) in [5.41, 5.74) is 2.11. The molecule has 1 aliphatic rings. The molecule has 0 aromatic carbocycles. The van der Waals surface area contributed by atoms with Crippen LogP contribution in [-0.4, -0.2) is 33.9 Å². The van der Waals surface area contributed by atoms with Crippen molar-refractivity contribution in [1.29, 1.82) is 0 Å². The molecule has 0 radical (unpaired) electrons. The zero-order valence-electron chi connectivity index (χ0n) is 30.2. The van der Waals surface area contributed by atoms with E-state index < -0.39 is 0 Å². The van der Waals surface area contributed by atoms with Gasteiger partial charge in [0, 0.05) is 36.4 Å².